The summed E-state index contributed by atoms with van der Waals surface area (Å²) in [5.41, 5.74) is 2.53. The van der Waals surface area contributed by atoms with Crippen molar-refractivity contribution in [1.29, 1.82) is 5.26 Å². The summed E-state index contributed by atoms with van der Waals surface area (Å²) in [6, 6.07) is 11.2. The summed E-state index contributed by atoms with van der Waals surface area (Å²) < 4.78 is 7.38. The highest BCUT2D eigenvalue weighted by molar-refractivity contribution is 7.99. The van der Waals surface area contributed by atoms with E-state index in [9.17, 15) is 0 Å². The molecular formula is C16H15N5OS. The Morgan fingerprint density at radius 3 is 2.96 bits per heavy atom. The number of aryl methyl sites for hydroxylation is 2. The molecule has 3 aromatic rings. The normalized spacial score (nSPS) is 10.7. The number of thioether (sulfide) groups is 1. The monoisotopic (exact) mass is 325 g/mol. The molecule has 0 radical (unpaired) electrons. The van der Waals surface area contributed by atoms with Gasteiger partial charge in [-0.2, -0.15) is 10.2 Å². The summed E-state index contributed by atoms with van der Waals surface area (Å²) in [7, 11) is 0. The highest BCUT2D eigenvalue weighted by Gasteiger charge is 2.08. The third kappa shape index (κ3) is 3.60. The minimum atomic E-state index is 0.514. The van der Waals surface area contributed by atoms with E-state index in [1.807, 2.05) is 32.0 Å². The topological polar surface area (TPSA) is 76.1 Å². The average Bonchev–Trinajstić information content (AvgIpc) is 2.95. The van der Waals surface area contributed by atoms with Crippen LogP contribution in [-0.4, -0.2) is 31.9 Å². The van der Waals surface area contributed by atoms with Gasteiger partial charge in [0.1, 0.15) is 5.75 Å². The van der Waals surface area contributed by atoms with Crippen molar-refractivity contribution in [3.05, 3.63) is 47.3 Å². The Morgan fingerprint density at radius 1 is 1.26 bits per heavy atom. The minimum absolute atomic E-state index is 0.514. The quantitative estimate of drug-likeness (QED) is 0.530. The number of rotatable bonds is 5. The zero-order valence-corrected chi connectivity index (χ0v) is 13.7. The van der Waals surface area contributed by atoms with Crippen molar-refractivity contribution in [1.82, 2.24) is 19.6 Å². The molecule has 0 fully saturated rings. The fourth-order valence-electron chi connectivity index (χ4n) is 2.16. The van der Waals surface area contributed by atoms with Crippen LogP contribution in [0.1, 0.15) is 17.0 Å². The molecule has 2 heterocycles. The molecule has 1 aromatic carbocycles. The molecule has 0 saturated carbocycles. The van der Waals surface area contributed by atoms with Gasteiger partial charge in [-0.05, 0) is 38.1 Å². The van der Waals surface area contributed by atoms with Gasteiger partial charge < -0.3 is 4.74 Å². The minimum Gasteiger partial charge on any atom is -0.493 e. The molecule has 116 valence electrons. The molecule has 3 rings (SSSR count). The zero-order chi connectivity index (χ0) is 16.2. The van der Waals surface area contributed by atoms with Gasteiger partial charge in [0.25, 0.3) is 5.78 Å². The lowest BCUT2D eigenvalue weighted by molar-refractivity contribution is 0.344. The van der Waals surface area contributed by atoms with Crippen molar-refractivity contribution >= 4 is 17.5 Å². The van der Waals surface area contributed by atoms with Crippen molar-refractivity contribution in [2.24, 2.45) is 0 Å². The van der Waals surface area contributed by atoms with Crippen LogP contribution in [0.4, 0.5) is 0 Å². The molecule has 0 saturated heterocycles. The lowest BCUT2D eigenvalue weighted by atomic mass is 10.2. The first-order chi connectivity index (χ1) is 11.2. The second kappa shape index (κ2) is 6.67. The van der Waals surface area contributed by atoms with Crippen molar-refractivity contribution in [2.75, 3.05) is 12.4 Å². The van der Waals surface area contributed by atoms with Crippen molar-refractivity contribution < 1.29 is 4.74 Å². The number of nitriles is 1. The third-order valence-electron chi connectivity index (χ3n) is 3.15. The number of hydrogen-bond donors (Lipinski definition) is 0. The van der Waals surface area contributed by atoms with Crippen molar-refractivity contribution in [3.63, 3.8) is 0 Å². The van der Waals surface area contributed by atoms with Crippen LogP contribution >= 0.6 is 11.8 Å². The first-order valence-corrected chi connectivity index (χ1v) is 8.11. The lowest BCUT2D eigenvalue weighted by Gasteiger charge is -2.04. The van der Waals surface area contributed by atoms with E-state index in [0.717, 1.165) is 11.4 Å². The molecule has 0 aliphatic rings. The van der Waals surface area contributed by atoms with E-state index in [2.05, 4.69) is 21.1 Å². The molecule has 6 nitrogen and oxygen atoms in total. The maximum Gasteiger partial charge on any atom is 0.253 e. The van der Waals surface area contributed by atoms with E-state index in [4.69, 9.17) is 10.00 Å². The molecule has 0 N–H and O–H groups in total. The predicted molar refractivity (Wildman–Crippen MR) is 87.6 cm³/mol. The Bertz CT molecular complexity index is 884. The van der Waals surface area contributed by atoms with Gasteiger partial charge in [0.15, 0.2) is 0 Å². The zero-order valence-electron chi connectivity index (χ0n) is 12.9. The van der Waals surface area contributed by atoms with E-state index >= 15 is 0 Å². The summed E-state index contributed by atoms with van der Waals surface area (Å²) in [5, 5.41) is 14.0. The lowest BCUT2D eigenvalue weighted by Crippen LogP contribution is -2.00. The fourth-order valence-corrected chi connectivity index (χ4v) is 2.79. The average molecular weight is 325 g/mol. The van der Waals surface area contributed by atoms with Crippen LogP contribution in [0.15, 0.2) is 35.5 Å². The Labute approximate surface area is 138 Å². The summed E-state index contributed by atoms with van der Waals surface area (Å²) >= 11 is 1.52. The molecule has 0 aliphatic heterocycles. The molecule has 0 aliphatic carbocycles. The summed E-state index contributed by atoms with van der Waals surface area (Å²) in [5.74, 6) is 2.03. The number of hydrogen-bond acceptors (Lipinski definition) is 6. The van der Waals surface area contributed by atoms with E-state index in [-0.39, 0.29) is 0 Å². The van der Waals surface area contributed by atoms with E-state index in [1.54, 1.807) is 16.6 Å². The van der Waals surface area contributed by atoms with E-state index in [0.29, 0.717) is 34.6 Å². The van der Waals surface area contributed by atoms with Crippen molar-refractivity contribution in [3.8, 4) is 11.8 Å². The van der Waals surface area contributed by atoms with Gasteiger partial charge in [-0.25, -0.2) is 9.50 Å². The molecule has 0 amide bonds. The smallest absolute Gasteiger partial charge is 0.253 e. The number of fused-ring (bicyclic) bond motifs is 1. The first kappa shape index (κ1) is 15.3. The molecule has 0 spiro atoms. The van der Waals surface area contributed by atoms with Gasteiger partial charge in [0.2, 0.25) is 5.16 Å². The Kier molecular flexibility index (Phi) is 4.44. The molecule has 0 bridgehead atoms. The third-order valence-corrected chi connectivity index (χ3v) is 3.95. The van der Waals surface area contributed by atoms with E-state index in [1.165, 1.54) is 11.8 Å². The summed E-state index contributed by atoms with van der Waals surface area (Å²) in [4.78, 5) is 8.78. The van der Waals surface area contributed by atoms with Crippen LogP contribution in [0, 0.1) is 25.2 Å². The highest BCUT2D eigenvalue weighted by atomic mass is 32.2. The highest BCUT2D eigenvalue weighted by Crippen LogP contribution is 2.17. The maximum atomic E-state index is 8.86. The molecule has 7 heteroatoms. The molecule has 0 atom stereocenters. The second-order valence-corrected chi connectivity index (χ2v) is 6.04. The van der Waals surface area contributed by atoms with Gasteiger partial charge in [-0.3, -0.25) is 0 Å². The molecule has 2 aromatic heterocycles. The Hall–Kier alpha value is -2.59. The first-order valence-electron chi connectivity index (χ1n) is 7.12. The van der Waals surface area contributed by atoms with Crippen LogP contribution in [0.5, 0.6) is 5.75 Å². The number of ether oxygens (including phenoxy) is 1. The van der Waals surface area contributed by atoms with E-state index < -0.39 is 0 Å². The Morgan fingerprint density at radius 2 is 2.13 bits per heavy atom. The molecule has 0 unspecified atom stereocenters. The largest absolute Gasteiger partial charge is 0.493 e. The second-order valence-electron chi connectivity index (χ2n) is 4.98. The van der Waals surface area contributed by atoms with Crippen LogP contribution in [-0.2, 0) is 0 Å². The Balaban J connectivity index is 1.58. The van der Waals surface area contributed by atoms with Crippen molar-refractivity contribution in [2.45, 2.75) is 19.0 Å². The van der Waals surface area contributed by atoms with Crippen LogP contribution < -0.4 is 4.74 Å². The predicted octanol–water partition coefficient (Wildman–Crippen LogP) is 2.78. The molecular weight excluding hydrogens is 310 g/mol. The van der Waals surface area contributed by atoms with Gasteiger partial charge in [0.05, 0.1) is 18.2 Å². The van der Waals surface area contributed by atoms with Crippen LogP contribution in [0.2, 0.25) is 0 Å². The SMILES string of the molecule is Cc1cc(C)n2nc(SCCOc3cccc(C#N)c3)nc2n1. The van der Waals surface area contributed by atoms with Gasteiger partial charge in [-0.1, -0.05) is 17.8 Å². The van der Waals surface area contributed by atoms with Gasteiger partial charge in [0, 0.05) is 17.1 Å². The van der Waals surface area contributed by atoms with Crippen LogP contribution in [0.3, 0.4) is 0 Å². The summed E-state index contributed by atoms with van der Waals surface area (Å²) in [6.07, 6.45) is 0. The summed E-state index contributed by atoms with van der Waals surface area (Å²) in [6.45, 7) is 4.44. The van der Waals surface area contributed by atoms with Crippen LogP contribution in [0.25, 0.3) is 5.78 Å². The number of aromatic nitrogens is 4. The standard InChI is InChI=1S/C16H15N5OS/c1-11-8-12(2)21-15(18-11)19-16(20-21)23-7-6-22-14-5-3-4-13(9-14)10-17/h3-5,8-9H,6-7H2,1-2H3. The maximum absolute atomic E-state index is 8.86. The van der Waals surface area contributed by atoms with Gasteiger partial charge >= 0.3 is 0 Å². The van der Waals surface area contributed by atoms with Gasteiger partial charge in [-0.15, -0.1) is 5.10 Å². The molecule has 23 heavy (non-hydrogen) atoms. The number of benzene rings is 1. The fraction of sp³-hybridized carbons (Fsp3) is 0.250. The number of nitrogens with zero attached hydrogens (tertiary/aromatic N) is 5.